The molecule has 2 aromatic carbocycles. The van der Waals surface area contributed by atoms with Crippen LogP contribution in [-0.4, -0.2) is 24.5 Å². The van der Waals surface area contributed by atoms with Crippen molar-refractivity contribution in [1.29, 1.82) is 0 Å². The standard InChI is InChI=1S/C21H23NO.CH4/c1-2-22-13-11-16(12-14-22)21-18-8-4-3-7-17(18)15-23-20-10-6-5-9-19(20)21;/h3-10H,2,11-15H2,1H3;1H4. The zero-order valence-corrected chi connectivity index (χ0v) is 13.7. The van der Waals surface area contributed by atoms with Crippen molar-refractivity contribution in [2.24, 2.45) is 0 Å². The van der Waals surface area contributed by atoms with E-state index in [4.69, 9.17) is 4.74 Å². The van der Waals surface area contributed by atoms with E-state index in [-0.39, 0.29) is 7.43 Å². The van der Waals surface area contributed by atoms with Gasteiger partial charge in [-0.15, -0.1) is 0 Å². The number of hydrogen-bond acceptors (Lipinski definition) is 2. The molecule has 0 spiro atoms. The van der Waals surface area contributed by atoms with E-state index >= 15 is 0 Å². The first-order valence-electron chi connectivity index (χ1n) is 8.61. The zero-order chi connectivity index (χ0) is 15.6. The summed E-state index contributed by atoms with van der Waals surface area (Å²) in [6, 6.07) is 17.2. The second-order valence-corrected chi connectivity index (χ2v) is 6.35. The van der Waals surface area contributed by atoms with Crippen molar-refractivity contribution < 1.29 is 4.74 Å². The van der Waals surface area contributed by atoms with Crippen molar-refractivity contribution in [1.82, 2.24) is 4.90 Å². The van der Waals surface area contributed by atoms with Crippen molar-refractivity contribution >= 4 is 5.57 Å². The van der Waals surface area contributed by atoms with Gasteiger partial charge in [-0.25, -0.2) is 0 Å². The summed E-state index contributed by atoms with van der Waals surface area (Å²) in [5, 5.41) is 0. The van der Waals surface area contributed by atoms with Gasteiger partial charge in [0, 0.05) is 18.7 Å². The summed E-state index contributed by atoms with van der Waals surface area (Å²) in [4.78, 5) is 2.54. The summed E-state index contributed by atoms with van der Waals surface area (Å²) < 4.78 is 6.09. The summed E-state index contributed by atoms with van der Waals surface area (Å²) in [5.41, 5.74) is 6.92. The fraction of sp³-hybridized carbons (Fsp3) is 0.364. The summed E-state index contributed by atoms with van der Waals surface area (Å²) in [7, 11) is 0. The average molecular weight is 321 g/mol. The van der Waals surface area contributed by atoms with Crippen LogP contribution in [0.4, 0.5) is 0 Å². The van der Waals surface area contributed by atoms with Crippen LogP contribution in [0.2, 0.25) is 0 Å². The first-order valence-corrected chi connectivity index (χ1v) is 8.61. The average Bonchev–Trinajstić information content (AvgIpc) is 2.79. The molecule has 0 N–H and O–H groups in total. The van der Waals surface area contributed by atoms with Crippen LogP contribution in [-0.2, 0) is 6.61 Å². The smallest absolute Gasteiger partial charge is 0.127 e. The number of piperidine rings is 1. The molecule has 2 aliphatic heterocycles. The number of benzene rings is 2. The quantitative estimate of drug-likeness (QED) is 0.721. The molecule has 2 aliphatic rings. The van der Waals surface area contributed by atoms with Crippen LogP contribution in [0, 0.1) is 0 Å². The summed E-state index contributed by atoms with van der Waals surface area (Å²) >= 11 is 0. The van der Waals surface area contributed by atoms with E-state index in [1.165, 1.54) is 35.4 Å². The van der Waals surface area contributed by atoms with E-state index in [0.717, 1.165) is 25.1 Å². The number of ether oxygens (including phenoxy) is 1. The normalized spacial score (nSPS) is 17.2. The Kier molecular flexibility index (Phi) is 5.06. The highest BCUT2D eigenvalue weighted by Gasteiger charge is 2.23. The van der Waals surface area contributed by atoms with Crippen molar-refractivity contribution in [2.75, 3.05) is 19.6 Å². The summed E-state index contributed by atoms with van der Waals surface area (Å²) in [5.74, 6) is 1.02. The number of nitrogens with zero attached hydrogens (tertiary/aromatic N) is 1. The molecule has 0 unspecified atom stereocenters. The van der Waals surface area contributed by atoms with Gasteiger partial charge in [0.2, 0.25) is 0 Å². The number of fused-ring (bicyclic) bond motifs is 2. The predicted octanol–water partition coefficient (Wildman–Crippen LogP) is 5.13. The third-order valence-corrected chi connectivity index (χ3v) is 5.09. The minimum Gasteiger partial charge on any atom is -0.488 e. The predicted molar refractivity (Wildman–Crippen MR) is 101 cm³/mol. The molecule has 0 aromatic heterocycles. The van der Waals surface area contributed by atoms with E-state index in [0.29, 0.717) is 6.61 Å². The van der Waals surface area contributed by atoms with E-state index in [2.05, 4.69) is 60.4 Å². The molecule has 2 heterocycles. The number of likely N-dealkylation sites (tertiary alicyclic amines) is 1. The molecule has 1 saturated heterocycles. The van der Waals surface area contributed by atoms with Crippen LogP contribution in [0.3, 0.4) is 0 Å². The summed E-state index contributed by atoms with van der Waals surface area (Å²) in [6.07, 6.45) is 2.32. The van der Waals surface area contributed by atoms with Gasteiger partial charge in [-0.3, -0.25) is 0 Å². The van der Waals surface area contributed by atoms with Crippen molar-refractivity contribution in [3.63, 3.8) is 0 Å². The first kappa shape index (κ1) is 16.8. The Hall–Kier alpha value is -2.06. The lowest BCUT2D eigenvalue weighted by molar-refractivity contribution is 0.270. The maximum Gasteiger partial charge on any atom is 0.127 e. The van der Waals surface area contributed by atoms with Gasteiger partial charge in [0.25, 0.3) is 0 Å². The Bertz CT molecular complexity index is 688. The minimum absolute atomic E-state index is 0. The van der Waals surface area contributed by atoms with Crippen molar-refractivity contribution in [2.45, 2.75) is 33.8 Å². The fourth-order valence-corrected chi connectivity index (χ4v) is 3.76. The number of para-hydroxylation sites is 1. The Morgan fingerprint density at radius 2 is 1.58 bits per heavy atom. The van der Waals surface area contributed by atoms with Gasteiger partial charge in [0.05, 0.1) is 0 Å². The Morgan fingerprint density at radius 3 is 2.33 bits per heavy atom. The number of rotatable bonds is 1. The van der Waals surface area contributed by atoms with E-state index in [1.807, 2.05) is 0 Å². The molecule has 4 rings (SSSR count). The summed E-state index contributed by atoms with van der Waals surface area (Å²) in [6.45, 7) is 6.40. The maximum atomic E-state index is 6.09. The molecule has 0 bridgehead atoms. The van der Waals surface area contributed by atoms with E-state index < -0.39 is 0 Å². The Morgan fingerprint density at radius 1 is 0.917 bits per heavy atom. The maximum absolute atomic E-state index is 6.09. The first-order chi connectivity index (χ1) is 11.4. The highest BCUT2D eigenvalue weighted by Crippen LogP contribution is 2.40. The molecule has 0 radical (unpaired) electrons. The van der Waals surface area contributed by atoms with Crippen LogP contribution in [0.25, 0.3) is 5.57 Å². The molecule has 24 heavy (non-hydrogen) atoms. The Balaban J connectivity index is 0.00000169. The van der Waals surface area contributed by atoms with Crippen molar-refractivity contribution in [3.8, 4) is 5.75 Å². The van der Waals surface area contributed by atoms with Crippen LogP contribution >= 0.6 is 0 Å². The second-order valence-electron chi connectivity index (χ2n) is 6.35. The SMILES string of the molecule is C.CCN1CCC(=C2c3ccccc3COc3ccccc32)CC1. The topological polar surface area (TPSA) is 12.5 Å². The third kappa shape index (κ3) is 2.99. The van der Waals surface area contributed by atoms with Gasteiger partial charge in [0.1, 0.15) is 12.4 Å². The fourth-order valence-electron chi connectivity index (χ4n) is 3.76. The largest absolute Gasteiger partial charge is 0.488 e. The molecule has 0 saturated carbocycles. The van der Waals surface area contributed by atoms with Gasteiger partial charge >= 0.3 is 0 Å². The third-order valence-electron chi connectivity index (χ3n) is 5.09. The lowest BCUT2D eigenvalue weighted by Crippen LogP contribution is -2.30. The van der Waals surface area contributed by atoms with Gasteiger partial charge in [-0.2, -0.15) is 0 Å². The van der Waals surface area contributed by atoms with Crippen molar-refractivity contribution in [3.05, 3.63) is 70.8 Å². The van der Waals surface area contributed by atoms with E-state index in [1.54, 1.807) is 5.57 Å². The molecule has 126 valence electrons. The lowest BCUT2D eigenvalue weighted by atomic mass is 9.86. The molecule has 1 fully saturated rings. The molecule has 2 nitrogen and oxygen atoms in total. The molecule has 0 atom stereocenters. The molecule has 2 heteroatoms. The Labute approximate surface area is 145 Å². The second kappa shape index (κ2) is 7.23. The minimum atomic E-state index is 0. The molecule has 2 aromatic rings. The van der Waals surface area contributed by atoms with Crippen LogP contribution in [0.1, 0.15) is 43.9 Å². The molecular weight excluding hydrogens is 294 g/mol. The van der Waals surface area contributed by atoms with Gasteiger partial charge in [-0.1, -0.05) is 62.4 Å². The monoisotopic (exact) mass is 321 g/mol. The van der Waals surface area contributed by atoms with Crippen LogP contribution < -0.4 is 4.74 Å². The molecule has 0 aliphatic carbocycles. The highest BCUT2D eigenvalue weighted by atomic mass is 16.5. The van der Waals surface area contributed by atoms with Crippen LogP contribution in [0.15, 0.2) is 54.1 Å². The number of hydrogen-bond donors (Lipinski definition) is 0. The highest BCUT2D eigenvalue weighted by molar-refractivity contribution is 5.87. The van der Waals surface area contributed by atoms with Gasteiger partial charge < -0.3 is 9.64 Å². The van der Waals surface area contributed by atoms with E-state index in [9.17, 15) is 0 Å². The lowest BCUT2D eigenvalue weighted by Gasteiger charge is -2.29. The molecular formula is C22H27NO. The van der Waals surface area contributed by atoms with Crippen LogP contribution in [0.5, 0.6) is 5.75 Å². The zero-order valence-electron chi connectivity index (χ0n) is 13.7. The molecule has 0 amide bonds. The van der Waals surface area contributed by atoms with Gasteiger partial charge in [-0.05, 0) is 42.2 Å². The van der Waals surface area contributed by atoms with Gasteiger partial charge in [0.15, 0.2) is 0 Å².